The molecule has 2 aromatic rings. The van der Waals surface area contributed by atoms with Gasteiger partial charge in [0.1, 0.15) is 5.82 Å². The molecule has 90 valence electrons. The van der Waals surface area contributed by atoms with Crippen LogP contribution in [0.4, 0.5) is 0 Å². The Kier molecular flexibility index (Phi) is 3.85. The lowest BCUT2D eigenvalue weighted by Gasteiger charge is -2.11. The van der Waals surface area contributed by atoms with E-state index in [1.165, 1.54) is 0 Å². The first-order chi connectivity index (χ1) is 8.00. The van der Waals surface area contributed by atoms with E-state index >= 15 is 0 Å². The Labute approximate surface area is 122 Å². The summed E-state index contributed by atoms with van der Waals surface area (Å²) in [7, 11) is 0. The fourth-order valence-corrected chi connectivity index (χ4v) is 3.05. The van der Waals surface area contributed by atoms with Crippen LogP contribution in [-0.2, 0) is 0 Å². The minimum absolute atomic E-state index is 0.304. The van der Waals surface area contributed by atoms with Crippen molar-refractivity contribution < 1.29 is 0 Å². The fraction of sp³-hybridized carbons (Fsp3) is 0.273. The summed E-state index contributed by atoms with van der Waals surface area (Å²) in [6.45, 7) is 4.18. The molecule has 0 aliphatic rings. The highest BCUT2D eigenvalue weighted by molar-refractivity contribution is 9.11. The van der Waals surface area contributed by atoms with Crippen molar-refractivity contribution in [3.63, 3.8) is 0 Å². The summed E-state index contributed by atoms with van der Waals surface area (Å²) in [5.74, 6) is 1.23. The van der Waals surface area contributed by atoms with Gasteiger partial charge in [-0.25, -0.2) is 0 Å². The van der Waals surface area contributed by atoms with Gasteiger partial charge < -0.3 is 0 Å². The van der Waals surface area contributed by atoms with Gasteiger partial charge in [0.05, 0.1) is 5.69 Å². The van der Waals surface area contributed by atoms with E-state index in [-0.39, 0.29) is 0 Å². The van der Waals surface area contributed by atoms with E-state index in [4.69, 9.17) is 12.2 Å². The maximum atomic E-state index is 5.28. The SMILES string of the molecule is CC(C)c1n[nH]c(=S)n1-c1ccc(Br)cc1Br. The Morgan fingerprint density at radius 2 is 2.06 bits per heavy atom. The van der Waals surface area contributed by atoms with Crippen LogP contribution in [0, 0.1) is 4.77 Å². The molecule has 0 bridgehead atoms. The van der Waals surface area contributed by atoms with Crippen LogP contribution in [0.15, 0.2) is 27.1 Å². The van der Waals surface area contributed by atoms with Crippen molar-refractivity contribution in [3.05, 3.63) is 37.7 Å². The van der Waals surface area contributed by atoms with Crippen molar-refractivity contribution in [2.75, 3.05) is 0 Å². The number of hydrogen-bond acceptors (Lipinski definition) is 2. The van der Waals surface area contributed by atoms with Gasteiger partial charge in [-0.2, -0.15) is 5.10 Å². The number of hydrogen-bond donors (Lipinski definition) is 1. The molecule has 0 saturated heterocycles. The molecule has 0 aliphatic carbocycles. The quantitative estimate of drug-likeness (QED) is 0.778. The zero-order chi connectivity index (χ0) is 12.6. The molecule has 1 aromatic carbocycles. The third kappa shape index (κ3) is 2.53. The van der Waals surface area contributed by atoms with E-state index in [1.807, 2.05) is 22.8 Å². The second-order valence-corrected chi connectivity index (χ2v) is 6.13. The lowest BCUT2D eigenvalue weighted by molar-refractivity contribution is 0.743. The molecular formula is C11H11Br2N3S. The highest BCUT2D eigenvalue weighted by Crippen LogP contribution is 2.27. The van der Waals surface area contributed by atoms with Crippen LogP contribution in [0.1, 0.15) is 25.6 Å². The number of rotatable bonds is 2. The molecule has 0 unspecified atom stereocenters. The van der Waals surface area contributed by atoms with Gasteiger partial charge in [-0.05, 0) is 46.3 Å². The predicted octanol–water partition coefficient (Wildman–Crippen LogP) is 4.58. The van der Waals surface area contributed by atoms with Gasteiger partial charge in [-0.3, -0.25) is 9.67 Å². The first-order valence-electron chi connectivity index (χ1n) is 5.13. The topological polar surface area (TPSA) is 33.6 Å². The third-order valence-corrected chi connectivity index (χ3v) is 3.77. The molecule has 0 amide bonds. The van der Waals surface area contributed by atoms with E-state index in [0.29, 0.717) is 10.7 Å². The first kappa shape index (κ1) is 13.0. The number of aromatic amines is 1. The molecule has 0 spiro atoms. The van der Waals surface area contributed by atoms with E-state index in [0.717, 1.165) is 20.5 Å². The molecule has 1 heterocycles. The van der Waals surface area contributed by atoms with Crippen LogP contribution in [0.2, 0.25) is 0 Å². The Bertz CT molecular complexity index is 601. The molecule has 1 N–H and O–H groups in total. The van der Waals surface area contributed by atoms with Crippen molar-refractivity contribution >= 4 is 44.1 Å². The summed E-state index contributed by atoms with van der Waals surface area (Å²) in [6, 6.07) is 5.98. The molecule has 0 aliphatic heterocycles. The fourth-order valence-electron chi connectivity index (χ4n) is 1.59. The van der Waals surface area contributed by atoms with Crippen LogP contribution >= 0.6 is 44.1 Å². The normalized spacial score (nSPS) is 11.1. The minimum Gasteiger partial charge on any atom is -0.271 e. The predicted molar refractivity (Wildman–Crippen MR) is 78.2 cm³/mol. The zero-order valence-electron chi connectivity index (χ0n) is 9.37. The summed E-state index contributed by atoms with van der Waals surface area (Å²) in [6.07, 6.45) is 0. The smallest absolute Gasteiger partial charge is 0.199 e. The molecule has 0 radical (unpaired) electrons. The van der Waals surface area contributed by atoms with Gasteiger partial charge in [0.25, 0.3) is 0 Å². The number of nitrogens with one attached hydrogen (secondary N) is 1. The number of aromatic nitrogens is 3. The van der Waals surface area contributed by atoms with Crippen LogP contribution in [0.3, 0.4) is 0 Å². The molecule has 17 heavy (non-hydrogen) atoms. The highest BCUT2D eigenvalue weighted by atomic mass is 79.9. The average molecular weight is 377 g/mol. The van der Waals surface area contributed by atoms with Crippen LogP contribution in [-0.4, -0.2) is 14.8 Å². The van der Waals surface area contributed by atoms with Gasteiger partial charge in [0.2, 0.25) is 0 Å². The van der Waals surface area contributed by atoms with E-state index < -0.39 is 0 Å². The van der Waals surface area contributed by atoms with E-state index in [9.17, 15) is 0 Å². The molecular weight excluding hydrogens is 366 g/mol. The van der Waals surface area contributed by atoms with Crippen molar-refractivity contribution in [2.24, 2.45) is 0 Å². The number of nitrogens with zero attached hydrogens (tertiary/aromatic N) is 2. The summed E-state index contributed by atoms with van der Waals surface area (Å²) < 4.78 is 4.56. The molecule has 6 heteroatoms. The van der Waals surface area contributed by atoms with Crippen LogP contribution < -0.4 is 0 Å². The largest absolute Gasteiger partial charge is 0.271 e. The van der Waals surface area contributed by atoms with E-state index in [2.05, 4.69) is 55.9 Å². The summed E-state index contributed by atoms with van der Waals surface area (Å²) in [5.41, 5.74) is 0.996. The number of H-pyrrole nitrogens is 1. The van der Waals surface area contributed by atoms with Gasteiger partial charge in [-0.15, -0.1) is 0 Å². The van der Waals surface area contributed by atoms with Crippen LogP contribution in [0.25, 0.3) is 5.69 Å². The Hall–Kier alpha value is -0.460. The van der Waals surface area contributed by atoms with Gasteiger partial charge in [-0.1, -0.05) is 29.8 Å². The minimum atomic E-state index is 0.304. The number of benzene rings is 1. The lowest BCUT2D eigenvalue weighted by atomic mass is 10.2. The lowest BCUT2D eigenvalue weighted by Crippen LogP contribution is -2.04. The highest BCUT2D eigenvalue weighted by Gasteiger charge is 2.13. The molecule has 3 nitrogen and oxygen atoms in total. The molecule has 0 atom stereocenters. The van der Waals surface area contributed by atoms with Crippen molar-refractivity contribution in [2.45, 2.75) is 19.8 Å². The Morgan fingerprint density at radius 1 is 1.35 bits per heavy atom. The van der Waals surface area contributed by atoms with Gasteiger partial charge >= 0.3 is 0 Å². The molecule has 0 saturated carbocycles. The Balaban J connectivity index is 2.68. The second kappa shape index (κ2) is 5.04. The van der Waals surface area contributed by atoms with Crippen molar-refractivity contribution in [1.82, 2.24) is 14.8 Å². The van der Waals surface area contributed by atoms with Crippen molar-refractivity contribution in [3.8, 4) is 5.69 Å². The zero-order valence-corrected chi connectivity index (χ0v) is 13.4. The maximum absolute atomic E-state index is 5.28. The molecule has 2 rings (SSSR count). The summed E-state index contributed by atoms with van der Waals surface area (Å²) in [4.78, 5) is 0. The summed E-state index contributed by atoms with van der Waals surface area (Å²) >= 11 is 12.3. The van der Waals surface area contributed by atoms with Gasteiger partial charge in [0.15, 0.2) is 4.77 Å². The monoisotopic (exact) mass is 375 g/mol. The standard InChI is InChI=1S/C11H11Br2N3S/c1-6(2)10-14-15-11(17)16(10)9-4-3-7(12)5-8(9)13/h3-6H,1-2H3,(H,15,17). The average Bonchev–Trinajstić information content (AvgIpc) is 2.60. The van der Waals surface area contributed by atoms with Gasteiger partial charge in [0, 0.05) is 14.9 Å². The maximum Gasteiger partial charge on any atom is 0.199 e. The van der Waals surface area contributed by atoms with E-state index in [1.54, 1.807) is 0 Å². The molecule has 0 fully saturated rings. The summed E-state index contributed by atoms with van der Waals surface area (Å²) in [5, 5.41) is 7.11. The number of halogens is 2. The second-order valence-electron chi connectivity index (χ2n) is 3.97. The first-order valence-corrected chi connectivity index (χ1v) is 7.13. The molecule has 1 aromatic heterocycles. The Morgan fingerprint density at radius 3 is 2.65 bits per heavy atom. The van der Waals surface area contributed by atoms with Crippen LogP contribution in [0.5, 0.6) is 0 Å². The van der Waals surface area contributed by atoms with Crippen molar-refractivity contribution in [1.29, 1.82) is 0 Å². The third-order valence-electron chi connectivity index (χ3n) is 2.37.